The quantitative estimate of drug-likeness (QED) is 0.770. The molecule has 1 fully saturated rings. The smallest absolute Gasteiger partial charge is 0.303 e. The Hall–Kier alpha value is -1.06. The molecule has 1 saturated heterocycles. The molecule has 1 unspecified atom stereocenters. The Morgan fingerprint density at radius 2 is 2.13 bits per heavy atom. The highest BCUT2D eigenvalue weighted by atomic mass is 16.4. The first-order valence-corrected chi connectivity index (χ1v) is 5.51. The van der Waals surface area contributed by atoms with Crippen molar-refractivity contribution in [1.82, 2.24) is 4.90 Å². The van der Waals surface area contributed by atoms with Gasteiger partial charge in [0.2, 0.25) is 5.91 Å². The second-order valence-electron chi connectivity index (χ2n) is 4.55. The van der Waals surface area contributed by atoms with Crippen LogP contribution in [0.1, 0.15) is 33.1 Å². The van der Waals surface area contributed by atoms with Gasteiger partial charge >= 0.3 is 5.97 Å². The van der Waals surface area contributed by atoms with Gasteiger partial charge in [-0.2, -0.15) is 0 Å². The molecule has 86 valence electrons. The van der Waals surface area contributed by atoms with Crippen LogP contribution in [0.2, 0.25) is 0 Å². The molecule has 0 saturated carbocycles. The van der Waals surface area contributed by atoms with Gasteiger partial charge in [0.05, 0.1) is 0 Å². The average Bonchev–Trinajstić information content (AvgIpc) is 2.16. The summed E-state index contributed by atoms with van der Waals surface area (Å²) in [5.41, 5.74) is 0. The van der Waals surface area contributed by atoms with Crippen molar-refractivity contribution in [3.05, 3.63) is 0 Å². The number of nitrogens with zero attached hydrogens (tertiary/aromatic N) is 1. The number of hydrogen-bond acceptors (Lipinski definition) is 2. The van der Waals surface area contributed by atoms with E-state index in [0.717, 1.165) is 19.4 Å². The zero-order valence-corrected chi connectivity index (χ0v) is 9.40. The summed E-state index contributed by atoms with van der Waals surface area (Å²) in [4.78, 5) is 24.1. The number of hydrogen-bond donors (Lipinski definition) is 1. The van der Waals surface area contributed by atoms with Crippen LogP contribution in [0.4, 0.5) is 0 Å². The molecule has 1 aliphatic heterocycles. The van der Waals surface area contributed by atoms with Crippen LogP contribution >= 0.6 is 0 Å². The van der Waals surface area contributed by atoms with Gasteiger partial charge in [0.25, 0.3) is 0 Å². The number of rotatable bonds is 3. The van der Waals surface area contributed by atoms with Gasteiger partial charge < -0.3 is 10.0 Å². The van der Waals surface area contributed by atoms with Gasteiger partial charge in [-0.1, -0.05) is 13.8 Å². The Kier molecular flexibility index (Phi) is 4.12. The Morgan fingerprint density at radius 3 is 2.67 bits per heavy atom. The van der Waals surface area contributed by atoms with Crippen LogP contribution in [-0.4, -0.2) is 35.0 Å². The highest BCUT2D eigenvalue weighted by Gasteiger charge is 2.26. The van der Waals surface area contributed by atoms with Crippen molar-refractivity contribution in [1.29, 1.82) is 0 Å². The lowest BCUT2D eigenvalue weighted by atomic mass is 9.94. The van der Waals surface area contributed by atoms with Crippen LogP contribution in [0, 0.1) is 11.8 Å². The second kappa shape index (κ2) is 5.14. The Labute approximate surface area is 90.3 Å². The number of carboxylic acid groups (broad SMARTS) is 1. The van der Waals surface area contributed by atoms with Crippen molar-refractivity contribution < 1.29 is 14.7 Å². The van der Waals surface area contributed by atoms with Crippen molar-refractivity contribution >= 4 is 11.9 Å². The zero-order valence-electron chi connectivity index (χ0n) is 9.40. The highest BCUT2D eigenvalue weighted by molar-refractivity contribution is 5.78. The molecule has 1 amide bonds. The normalized spacial score (nSPS) is 21.8. The summed E-state index contributed by atoms with van der Waals surface area (Å²) >= 11 is 0. The molecule has 0 radical (unpaired) electrons. The van der Waals surface area contributed by atoms with E-state index in [1.807, 2.05) is 18.7 Å². The topological polar surface area (TPSA) is 57.6 Å². The van der Waals surface area contributed by atoms with E-state index in [0.29, 0.717) is 6.54 Å². The molecule has 0 aromatic heterocycles. The van der Waals surface area contributed by atoms with Gasteiger partial charge in [-0.15, -0.1) is 0 Å². The third-order valence-electron chi connectivity index (χ3n) is 2.79. The van der Waals surface area contributed by atoms with Crippen LogP contribution in [0.25, 0.3) is 0 Å². The first-order valence-electron chi connectivity index (χ1n) is 5.51. The van der Waals surface area contributed by atoms with Crippen molar-refractivity contribution in [3.8, 4) is 0 Å². The van der Waals surface area contributed by atoms with Crippen LogP contribution in [-0.2, 0) is 9.59 Å². The lowest BCUT2D eigenvalue weighted by Crippen LogP contribution is -2.42. The summed E-state index contributed by atoms with van der Waals surface area (Å²) in [5.74, 6) is -0.475. The lowest BCUT2D eigenvalue weighted by molar-refractivity contribution is -0.141. The van der Waals surface area contributed by atoms with Gasteiger partial charge in [0.1, 0.15) is 0 Å². The molecule has 0 aromatic carbocycles. The van der Waals surface area contributed by atoms with E-state index in [1.165, 1.54) is 0 Å². The molecular formula is C11H19NO3. The summed E-state index contributed by atoms with van der Waals surface area (Å²) in [6.07, 6.45) is 2.03. The third-order valence-corrected chi connectivity index (χ3v) is 2.79. The molecule has 4 heteroatoms. The van der Waals surface area contributed by atoms with E-state index in [1.54, 1.807) is 0 Å². The van der Waals surface area contributed by atoms with Crippen molar-refractivity contribution in [2.45, 2.75) is 33.1 Å². The number of piperidine rings is 1. The van der Waals surface area contributed by atoms with Crippen LogP contribution in [0.15, 0.2) is 0 Å². The second-order valence-corrected chi connectivity index (χ2v) is 4.55. The average molecular weight is 213 g/mol. The molecular weight excluding hydrogens is 194 g/mol. The largest absolute Gasteiger partial charge is 0.481 e. The monoisotopic (exact) mass is 213 g/mol. The molecule has 1 N–H and O–H groups in total. The van der Waals surface area contributed by atoms with Crippen molar-refractivity contribution in [2.75, 3.05) is 13.1 Å². The molecule has 1 atom stereocenters. The Morgan fingerprint density at radius 1 is 1.47 bits per heavy atom. The molecule has 0 aliphatic carbocycles. The van der Waals surface area contributed by atoms with E-state index in [-0.39, 0.29) is 24.2 Å². The Bertz CT molecular complexity index is 250. The minimum Gasteiger partial charge on any atom is -0.481 e. The SMILES string of the molecule is CC(C)C(=O)N1CCCC(CC(=O)O)C1. The number of amides is 1. The van der Waals surface area contributed by atoms with Gasteiger partial charge in [-0.3, -0.25) is 9.59 Å². The van der Waals surface area contributed by atoms with Gasteiger partial charge in [-0.25, -0.2) is 0 Å². The van der Waals surface area contributed by atoms with E-state index in [4.69, 9.17) is 5.11 Å². The predicted octanol–water partition coefficient (Wildman–Crippen LogP) is 1.36. The fraction of sp³-hybridized carbons (Fsp3) is 0.818. The fourth-order valence-electron chi connectivity index (χ4n) is 2.04. The maximum absolute atomic E-state index is 11.7. The van der Waals surface area contributed by atoms with E-state index < -0.39 is 5.97 Å². The van der Waals surface area contributed by atoms with Crippen molar-refractivity contribution in [3.63, 3.8) is 0 Å². The number of aliphatic carboxylic acids is 1. The zero-order chi connectivity index (χ0) is 11.4. The molecule has 0 spiro atoms. The number of carbonyl (C=O) groups excluding carboxylic acids is 1. The summed E-state index contributed by atoms with van der Waals surface area (Å²) in [6, 6.07) is 0. The van der Waals surface area contributed by atoms with Gasteiger partial charge in [0.15, 0.2) is 0 Å². The Balaban J connectivity index is 2.48. The fourth-order valence-corrected chi connectivity index (χ4v) is 2.04. The van der Waals surface area contributed by atoms with E-state index in [9.17, 15) is 9.59 Å². The lowest BCUT2D eigenvalue weighted by Gasteiger charge is -2.33. The minimum absolute atomic E-state index is 0.00794. The molecule has 1 rings (SSSR count). The molecule has 15 heavy (non-hydrogen) atoms. The molecule has 4 nitrogen and oxygen atoms in total. The first kappa shape index (κ1) is 12.0. The van der Waals surface area contributed by atoms with Gasteiger partial charge in [0, 0.05) is 25.4 Å². The predicted molar refractivity (Wildman–Crippen MR) is 56.4 cm³/mol. The van der Waals surface area contributed by atoms with Crippen LogP contribution in [0.5, 0.6) is 0 Å². The van der Waals surface area contributed by atoms with Crippen molar-refractivity contribution in [2.24, 2.45) is 11.8 Å². The highest BCUT2D eigenvalue weighted by Crippen LogP contribution is 2.20. The number of carboxylic acids is 1. The molecule has 1 heterocycles. The maximum atomic E-state index is 11.7. The standard InChI is InChI=1S/C11H19NO3/c1-8(2)11(15)12-5-3-4-9(7-12)6-10(13)14/h8-9H,3-7H2,1-2H3,(H,13,14). The summed E-state index contributed by atoms with van der Waals surface area (Å²) in [6.45, 7) is 5.16. The van der Waals surface area contributed by atoms with Crippen LogP contribution in [0.3, 0.4) is 0 Å². The summed E-state index contributed by atoms with van der Waals surface area (Å²) in [7, 11) is 0. The summed E-state index contributed by atoms with van der Waals surface area (Å²) in [5, 5.41) is 8.70. The van der Waals surface area contributed by atoms with Crippen LogP contribution < -0.4 is 0 Å². The van der Waals surface area contributed by atoms with E-state index in [2.05, 4.69) is 0 Å². The molecule has 0 aromatic rings. The number of likely N-dealkylation sites (tertiary alicyclic amines) is 1. The minimum atomic E-state index is -0.765. The number of carbonyl (C=O) groups is 2. The molecule has 1 aliphatic rings. The first-order chi connectivity index (χ1) is 7.00. The van der Waals surface area contributed by atoms with E-state index >= 15 is 0 Å². The van der Waals surface area contributed by atoms with Gasteiger partial charge in [-0.05, 0) is 18.8 Å². The summed E-state index contributed by atoms with van der Waals surface area (Å²) < 4.78 is 0. The maximum Gasteiger partial charge on any atom is 0.303 e. The molecule has 0 bridgehead atoms. The third kappa shape index (κ3) is 3.53.